The molecule has 0 aliphatic carbocycles. The molecular weight excluding hydrogens is 122 g/mol. The fourth-order valence-corrected chi connectivity index (χ4v) is 1.11. The van der Waals surface area contributed by atoms with Crippen molar-refractivity contribution in [3.05, 3.63) is 0 Å². The summed E-state index contributed by atoms with van der Waals surface area (Å²) >= 11 is 0. The van der Waals surface area contributed by atoms with Crippen LogP contribution < -0.4 is 5.73 Å². The zero-order valence-electron chi connectivity index (χ0n) is 7.94. The first kappa shape index (κ1) is 9.96. The largest absolute Gasteiger partial charge is 0.327 e. The van der Waals surface area contributed by atoms with E-state index >= 15 is 0 Å². The molecule has 1 unspecified atom stereocenters. The second kappa shape index (κ2) is 3.38. The highest BCUT2D eigenvalue weighted by Crippen LogP contribution is 2.24. The topological polar surface area (TPSA) is 26.0 Å². The lowest BCUT2D eigenvalue weighted by Crippen LogP contribution is -2.40. The molecule has 0 heterocycles. The van der Waals surface area contributed by atoms with Gasteiger partial charge in [0.15, 0.2) is 0 Å². The summed E-state index contributed by atoms with van der Waals surface area (Å²) < 4.78 is 0. The third-order valence-corrected chi connectivity index (χ3v) is 2.26. The van der Waals surface area contributed by atoms with Crippen molar-refractivity contribution in [1.29, 1.82) is 0 Å². The maximum Gasteiger partial charge on any atom is 0.0113 e. The molecule has 1 heteroatoms. The zero-order valence-corrected chi connectivity index (χ0v) is 7.94. The molecule has 10 heavy (non-hydrogen) atoms. The van der Waals surface area contributed by atoms with Gasteiger partial charge in [-0.05, 0) is 11.3 Å². The second-order valence-corrected chi connectivity index (χ2v) is 4.28. The van der Waals surface area contributed by atoms with E-state index < -0.39 is 0 Å². The van der Waals surface area contributed by atoms with Gasteiger partial charge in [-0.15, -0.1) is 0 Å². The fraction of sp³-hybridized carbons (Fsp3) is 1.00. The summed E-state index contributed by atoms with van der Waals surface area (Å²) in [5, 5.41) is 0. The molecule has 2 N–H and O–H groups in total. The number of rotatable bonds is 2. The van der Waals surface area contributed by atoms with Gasteiger partial charge in [-0.2, -0.15) is 0 Å². The van der Waals surface area contributed by atoms with E-state index in [0.29, 0.717) is 12.0 Å². The van der Waals surface area contributed by atoms with Gasteiger partial charge in [0.05, 0.1) is 0 Å². The first-order valence-corrected chi connectivity index (χ1v) is 4.15. The third kappa shape index (κ3) is 2.70. The van der Waals surface area contributed by atoms with Crippen LogP contribution in [-0.4, -0.2) is 6.04 Å². The Hall–Kier alpha value is -0.0400. The first-order chi connectivity index (χ1) is 4.39. The van der Waals surface area contributed by atoms with Crippen molar-refractivity contribution in [3.63, 3.8) is 0 Å². The van der Waals surface area contributed by atoms with Crippen LogP contribution >= 0.6 is 0 Å². The van der Waals surface area contributed by atoms with Crippen LogP contribution in [-0.2, 0) is 0 Å². The lowest BCUT2D eigenvalue weighted by Gasteiger charge is -2.31. The molecule has 0 aliphatic heterocycles. The highest BCUT2D eigenvalue weighted by Gasteiger charge is 2.24. The van der Waals surface area contributed by atoms with Crippen molar-refractivity contribution >= 4 is 0 Å². The van der Waals surface area contributed by atoms with Gasteiger partial charge in [-0.25, -0.2) is 0 Å². The molecule has 0 saturated heterocycles. The molecule has 1 nitrogen and oxygen atoms in total. The van der Waals surface area contributed by atoms with E-state index in [2.05, 4.69) is 34.6 Å². The van der Waals surface area contributed by atoms with Crippen molar-refractivity contribution in [2.24, 2.45) is 17.1 Å². The Bertz CT molecular complexity index is 91.4. The van der Waals surface area contributed by atoms with Crippen LogP contribution in [0.5, 0.6) is 0 Å². The summed E-state index contributed by atoms with van der Waals surface area (Å²) in [6.07, 6.45) is 1.18. The molecule has 62 valence electrons. The van der Waals surface area contributed by atoms with Gasteiger partial charge in [0.2, 0.25) is 0 Å². The molecular formula is C9H21N. The average molecular weight is 143 g/mol. The standard InChI is InChI=1S/C9H21N/c1-6-7(2)8(10)9(3,4)5/h7-8H,6,10H2,1-5H3/t7-,8?/m1/s1. The highest BCUT2D eigenvalue weighted by molar-refractivity contribution is 4.80. The van der Waals surface area contributed by atoms with Crippen LogP contribution in [0, 0.1) is 11.3 Å². The van der Waals surface area contributed by atoms with Crippen LogP contribution in [0.1, 0.15) is 41.0 Å². The first-order valence-electron chi connectivity index (χ1n) is 4.15. The van der Waals surface area contributed by atoms with E-state index in [0.717, 1.165) is 0 Å². The summed E-state index contributed by atoms with van der Waals surface area (Å²) in [4.78, 5) is 0. The molecule has 0 amide bonds. The van der Waals surface area contributed by atoms with E-state index in [1.165, 1.54) is 6.42 Å². The SMILES string of the molecule is CC[C@@H](C)C(N)C(C)(C)C. The van der Waals surface area contributed by atoms with Crippen LogP contribution in [0.3, 0.4) is 0 Å². The number of hydrogen-bond acceptors (Lipinski definition) is 1. The van der Waals surface area contributed by atoms with Crippen molar-refractivity contribution in [3.8, 4) is 0 Å². The summed E-state index contributed by atoms with van der Waals surface area (Å²) in [6.45, 7) is 11.0. The lowest BCUT2D eigenvalue weighted by molar-refractivity contribution is 0.244. The monoisotopic (exact) mass is 143 g/mol. The van der Waals surface area contributed by atoms with Crippen molar-refractivity contribution < 1.29 is 0 Å². The second-order valence-electron chi connectivity index (χ2n) is 4.28. The summed E-state index contributed by atoms with van der Waals surface area (Å²) in [5.74, 6) is 0.639. The van der Waals surface area contributed by atoms with Gasteiger partial charge in [-0.3, -0.25) is 0 Å². The quantitative estimate of drug-likeness (QED) is 0.631. The van der Waals surface area contributed by atoms with Gasteiger partial charge in [0, 0.05) is 6.04 Å². The van der Waals surface area contributed by atoms with Gasteiger partial charge >= 0.3 is 0 Å². The third-order valence-electron chi connectivity index (χ3n) is 2.26. The molecule has 0 radical (unpaired) electrons. The van der Waals surface area contributed by atoms with Gasteiger partial charge in [-0.1, -0.05) is 41.0 Å². The minimum Gasteiger partial charge on any atom is -0.327 e. The Kier molecular flexibility index (Phi) is 3.37. The Morgan fingerprint density at radius 1 is 1.30 bits per heavy atom. The minimum absolute atomic E-state index is 0.259. The highest BCUT2D eigenvalue weighted by atomic mass is 14.7. The molecule has 0 bridgehead atoms. The van der Waals surface area contributed by atoms with Crippen LogP contribution in [0.15, 0.2) is 0 Å². The summed E-state index contributed by atoms with van der Waals surface area (Å²) in [6, 6.07) is 0.331. The molecule has 2 atom stereocenters. The Morgan fingerprint density at radius 2 is 1.70 bits per heavy atom. The van der Waals surface area contributed by atoms with E-state index in [-0.39, 0.29) is 5.41 Å². The Balaban J connectivity index is 3.94. The molecule has 0 aromatic carbocycles. The summed E-state index contributed by atoms with van der Waals surface area (Å²) in [7, 11) is 0. The van der Waals surface area contributed by atoms with Crippen molar-refractivity contribution in [2.45, 2.75) is 47.1 Å². The smallest absolute Gasteiger partial charge is 0.0113 e. The van der Waals surface area contributed by atoms with E-state index in [9.17, 15) is 0 Å². The van der Waals surface area contributed by atoms with Gasteiger partial charge in [0.25, 0.3) is 0 Å². The zero-order chi connectivity index (χ0) is 8.36. The minimum atomic E-state index is 0.259. The Labute approximate surface area is 65.0 Å². The van der Waals surface area contributed by atoms with Crippen LogP contribution in [0.2, 0.25) is 0 Å². The molecule has 0 rings (SSSR count). The molecule has 0 aromatic heterocycles. The van der Waals surface area contributed by atoms with Gasteiger partial charge in [0.1, 0.15) is 0 Å². The normalized spacial score (nSPS) is 18.6. The molecule has 0 spiro atoms. The fourth-order valence-electron chi connectivity index (χ4n) is 1.11. The van der Waals surface area contributed by atoms with Crippen molar-refractivity contribution in [2.75, 3.05) is 0 Å². The maximum absolute atomic E-state index is 6.00. The average Bonchev–Trinajstić information content (AvgIpc) is 1.83. The predicted octanol–water partition coefficient (Wildman–Crippen LogP) is 2.41. The summed E-state index contributed by atoms with van der Waals surface area (Å²) in [5.41, 5.74) is 6.26. The molecule has 0 saturated carbocycles. The van der Waals surface area contributed by atoms with Crippen LogP contribution in [0.25, 0.3) is 0 Å². The van der Waals surface area contributed by atoms with E-state index in [1.807, 2.05) is 0 Å². The van der Waals surface area contributed by atoms with E-state index in [1.54, 1.807) is 0 Å². The van der Waals surface area contributed by atoms with E-state index in [4.69, 9.17) is 5.73 Å². The van der Waals surface area contributed by atoms with Gasteiger partial charge < -0.3 is 5.73 Å². The maximum atomic E-state index is 6.00. The predicted molar refractivity (Wildman–Crippen MR) is 46.9 cm³/mol. The Morgan fingerprint density at radius 3 is 1.80 bits per heavy atom. The van der Waals surface area contributed by atoms with Crippen LogP contribution in [0.4, 0.5) is 0 Å². The van der Waals surface area contributed by atoms with Crippen molar-refractivity contribution in [1.82, 2.24) is 0 Å². The number of hydrogen-bond donors (Lipinski definition) is 1. The number of nitrogens with two attached hydrogens (primary N) is 1. The molecule has 0 fully saturated rings. The lowest BCUT2D eigenvalue weighted by atomic mass is 9.79. The molecule has 0 aromatic rings. The molecule has 0 aliphatic rings.